The van der Waals surface area contributed by atoms with Crippen LogP contribution in [0.15, 0.2) is 23.3 Å². The van der Waals surface area contributed by atoms with Crippen LogP contribution in [0.2, 0.25) is 0 Å². The lowest BCUT2D eigenvalue weighted by atomic mass is 9.59. The average Bonchev–Trinajstić information content (AvgIpc) is 3.81. The van der Waals surface area contributed by atoms with Crippen LogP contribution in [0.3, 0.4) is 0 Å². The van der Waals surface area contributed by atoms with E-state index in [9.17, 15) is 19.5 Å². The first-order chi connectivity index (χ1) is 23.1. The Hall–Kier alpha value is -1.91. The maximum atomic E-state index is 14.5. The molecule has 2 aliphatic heterocycles. The van der Waals surface area contributed by atoms with Crippen molar-refractivity contribution in [1.82, 2.24) is 0 Å². The van der Waals surface area contributed by atoms with Crippen LogP contribution in [0.4, 0.5) is 0 Å². The standard InChI is InChI=1S/C39H61N3O6/c1-4-26-13-14-32(41-5-2)27(19-26)24-47-36(46)39-35(45)31-12-8-7-11-30(31)34(44)38(39,48-39)22-28(23-43)25(3)21-37(16-9-6-10-17-37)29-15-18-42-33(40)20-29/h13-14,26-27,29-33,41-43H,4-12,15-24,40H2,1-3H3/p+2. The lowest BCUT2D eigenvalue weighted by Crippen LogP contribution is -2.95. The predicted octanol–water partition coefficient (Wildman–Crippen LogP) is 2.85. The van der Waals surface area contributed by atoms with Gasteiger partial charge in [0.05, 0.1) is 19.7 Å². The third-order valence-corrected chi connectivity index (χ3v) is 13.7. The molecule has 2 heterocycles. The van der Waals surface area contributed by atoms with Crippen molar-refractivity contribution >= 4 is 17.5 Å². The largest absolute Gasteiger partial charge is 0.463 e. The number of esters is 1. The van der Waals surface area contributed by atoms with Gasteiger partial charge in [-0.15, -0.1) is 0 Å². The zero-order valence-corrected chi connectivity index (χ0v) is 29.9. The van der Waals surface area contributed by atoms with E-state index < -0.39 is 29.0 Å². The highest BCUT2D eigenvalue weighted by Gasteiger charge is 2.87. The summed E-state index contributed by atoms with van der Waals surface area (Å²) in [5, 5.41) is 15.4. The molecule has 6 aliphatic rings. The van der Waals surface area contributed by atoms with Gasteiger partial charge in [0.2, 0.25) is 0 Å². The van der Waals surface area contributed by atoms with Gasteiger partial charge in [-0.1, -0.05) is 50.7 Å². The van der Waals surface area contributed by atoms with E-state index in [1.807, 2.05) is 0 Å². The molecule has 0 spiro atoms. The van der Waals surface area contributed by atoms with Gasteiger partial charge in [0.25, 0.3) is 5.60 Å². The van der Waals surface area contributed by atoms with E-state index in [0.29, 0.717) is 24.7 Å². The van der Waals surface area contributed by atoms with E-state index in [0.717, 1.165) is 82.0 Å². The highest BCUT2D eigenvalue weighted by atomic mass is 16.7. The summed E-state index contributed by atoms with van der Waals surface area (Å²) >= 11 is 0. The van der Waals surface area contributed by atoms with Crippen LogP contribution in [0.5, 0.6) is 0 Å². The van der Waals surface area contributed by atoms with E-state index in [4.69, 9.17) is 15.2 Å². The molecule has 9 heteroatoms. The summed E-state index contributed by atoms with van der Waals surface area (Å²) in [5.41, 5.74) is 4.87. The molecule has 9 atom stereocenters. The number of Topliss-reactive ketones (excluding diaryl/α,β-unsaturated/α-hetero) is 2. The summed E-state index contributed by atoms with van der Waals surface area (Å²) in [4.78, 5) is 43.1. The first kappa shape index (κ1) is 35.9. The SMILES string of the molecule is CC[NH2+]C1C=CC(CC)CC1COC(=O)C12OC1(CC(CO)=C(C)CC1(C3CC[NH2+]C(N)C3)CCCCC1)C(=O)C1CCCCC1C2=O. The van der Waals surface area contributed by atoms with Gasteiger partial charge in [0, 0.05) is 37.0 Å². The number of rotatable bonds is 12. The third-order valence-electron chi connectivity index (χ3n) is 13.7. The number of allylic oxidation sites excluding steroid dienone is 2. The predicted molar refractivity (Wildman–Crippen MR) is 182 cm³/mol. The molecule has 9 unspecified atom stereocenters. The number of aliphatic hydroxyl groups is 1. The van der Waals surface area contributed by atoms with Gasteiger partial charge in [-0.3, -0.25) is 15.3 Å². The fraction of sp³-hybridized carbons (Fsp3) is 0.821. The summed E-state index contributed by atoms with van der Waals surface area (Å²) in [6.07, 6.45) is 18.5. The minimum absolute atomic E-state index is 0.0720. The summed E-state index contributed by atoms with van der Waals surface area (Å²) in [6.45, 7) is 8.30. The second kappa shape index (κ2) is 14.7. The molecule has 6 rings (SSSR count). The van der Waals surface area contributed by atoms with E-state index in [-0.39, 0.29) is 54.7 Å². The molecule has 268 valence electrons. The number of ketones is 2. The van der Waals surface area contributed by atoms with Crippen molar-refractivity contribution in [3.63, 3.8) is 0 Å². The van der Waals surface area contributed by atoms with Crippen molar-refractivity contribution in [2.45, 2.75) is 140 Å². The van der Waals surface area contributed by atoms with Crippen LogP contribution in [0.1, 0.15) is 117 Å². The summed E-state index contributed by atoms with van der Waals surface area (Å²) in [5.74, 6) is -0.960. The number of fused-ring (bicyclic) bond motifs is 2. The second-order valence-electron chi connectivity index (χ2n) is 16.4. The molecular weight excluding hydrogens is 606 g/mol. The molecule has 0 amide bonds. The number of carbonyl (C=O) groups excluding carboxylic acids is 3. The summed E-state index contributed by atoms with van der Waals surface area (Å²) in [7, 11) is 0. The van der Waals surface area contributed by atoms with Crippen LogP contribution >= 0.6 is 0 Å². The number of quaternary nitrogens is 2. The van der Waals surface area contributed by atoms with Gasteiger partial charge >= 0.3 is 5.97 Å². The quantitative estimate of drug-likeness (QED) is 0.108. The molecule has 0 aromatic rings. The highest BCUT2D eigenvalue weighted by Crippen LogP contribution is 2.62. The number of nitrogens with two attached hydrogens (primary N) is 3. The van der Waals surface area contributed by atoms with E-state index >= 15 is 0 Å². The van der Waals surface area contributed by atoms with Crippen LogP contribution in [0, 0.1) is 35.0 Å². The maximum absolute atomic E-state index is 14.5. The van der Waals surface area contributed by atoms with Crippen molar-refractivity contribution < 1.29 is 39.6 Å². The third kappa shape index (κ3) is 6.40. The van der Waals surface area contributed by atoms with Gasteiger partial charge < -0.3 is 25.2 Å². The monoisotopic (exact) mass is 669 g/mol. The Morgan fingerprint density at radius 3 is 2.42 bits per heavy atom. The Morgan fingerprint density at radius 1 is 1.02 bits per heavy atom. The second-order valence-corrected chi connectivity index (χ2v) is 16.4. The molecule has 3 saturated carbocycles. The molecule has 9 nitrogen and oxygen atoms in total. The van der Waals surface area contributed by atoms with Gasteiger partial charge in [-0.2, -0.15) is 0 Å². The minimum Gasteiger partial charge on any atom is -0.463 e. The van der Waals surface area contributed by atoms with E-state index in [1.54, 1.807) is 0 Å². The molecule has 0 aromatic carbocycles. The molecular formula is C39H63N3O6+2. The molecule has 48 heavy (non-hydrogen) atoms. The Kier molecular flexibility index (Phi) is 11.0. The zero-order valence-electron chi connectivity index (χ0n) is 29.9. The number of aliphatic hydroxyl groups excluding tert-OH is 1. The number of likely N-dealkylation sites (N-methyl/N-ethyl adjacent to an activating group) is 1. The van der Waals surface area contributed by atoms with Crippen LogP contribution in [0.25, 0.3) is 0 Å². The Balaban J connectivity index is 1.27. The summed E-state index contributed by atoms with van der Waals surface area (Å²) in [6, 6.07) is 0.203. The Labute approximate surface area is 287 Å². The van der Waals surface area contributed by atoms with Gasteiger partial charge in [-0.05, 0) is 87.7 Å². The van der Waals surface area contributed by atoms with Crippen molar-refractivity contribution in [2.24, 2.45) is 40.7 Å². The normalized spacial score (nSPS) is 39.6. The number of epoxide rings is 1. The number of hydrogen-bond acceptors (Lipinski definition) is 7. The Morgan fingerprint density at radius 2 is 1.75 bits per heavy atom. The molecule has 0 radical (unpaired) electrons. The van der Waals surface area contributed by atoms with Crippen molar-refractivity contribution in [2.75, 3.05) is 26.3 Å². The first-order valence-corrected chi connectivity index (χ1v) is 19.5. The van der Waals surface area contributed by atoms with Crippen LogP contribution < -0.4 is 16.4 Å². The highest BCUT2D eigenvalue weighted by molar-refractivity contribution is 6.23. The fourth-order valence-corrected chi connectivity index (χ4v) is 10.9. The molecule has 5 fully saturated rings. The van der Waals surface area contributed by atoms with Crippen molar-refractivity contribution in [3.05, 3.63) is 23.3 Å². The van der Waals surface area contributed by atoms with Gasteiger partial charge in [0.1, 0.15) is 18.8 Å². The topological polar surface area (TPSA) is 152 Å². The lowest BCUT2D eigenvalue weighted by Gasteiger charge is -2.46. The van der Waals surface area contributed by atoms with Crippen molar-refractivity contribution in [3.8, 4) is 0 Å². The lowest BCUT2D eigenvalue weighted by molar-refractivity contribution is -0.700. The molecule has 0 bridgehead atoms. The smallest absolute Gasteiger partial charge is 0.350 e. The molecule has 7 N–H and O–H groups in total. The minimum atomic E-state index is -1.91. The maximum Gasteiger partial charge on any atom is 0.350 e. The number of piperidine rings is 1. The zero-order chi connectivity index (χ0) is 34.1. The average molecular weight is 670 g/mol. The molecule has 0 aromatic heterocycles. The van der Waals surface area contributed by atoms with E-state index in [1.165, 1.54) is 19.3 Å². The number of ether oxygens (including phenoxy) is 2. The van der Waals surface area contributed by atoms with E-state index in [2.05, 4.69) is 43.6 Å². The fourth-order valence-electron chi connectivity index (χ4n) is 10.9. The summed E-state index contributed by atoms with van der Waals surface area (Å²) < 4.78 is 12.4. The Bertz CT molecular complexity index is 1270. The van der Waals surface area contributed by atoms with Crippen LogP contribution in [-0.2, 0) is 23.9 Å². The number of hydrogen-bond donors (Lipinski definition) is 4. The van der Waals surface area contributed by atoms with Gasteiger partial charge in [0.15, 0.2) is 17.2 Å². The molecule has 2 saturated heterocycles. The van der Waals surface area contributed by atoms with Crippen molar-refractivity contribution in [1.29, 1.82) is 0 Å². The molecule has 4 aliphatic carbocycles. The van der Waals surface area contributed by atoms with Gasteiger partial charge in [-0.25, -0.2) is 4.79 Å². The number of carbonyl (C=O) groups is 3. The van der Waals surface area contributed by atoms with Crippen LogP contribution in [-0.4, -0.2) is 72.4 Å². The first-order valence-electron chi connectivity index (χ1n) is 19.5.